The Hall–Kier alpha value is -2.56. The van der Waals surface area contributed by atoms with Crippen LogP contribution in [-0.4, -0.2) is 39.5 Å². The molecule has 0 aliphatic carbocycles. The smallest absolute Gasteiger partial charge is 0.308 e. The zero-order chi connectivity index (χ0) is 16.4. The minimum Gasteiger partial charge on any atom is -0.481 e. The molecule has 2 atom stereocenters. The highest BCUT2D eigenvalue weighted by atomic mass is 16.4. The zero-order valence-corrected chi connectivity index (χ0v) is 13.1. The predicted octanol–water partition coefficient (Wildman–Crippen LogP) is 2.36. The van der Waals surface area contributed by atoms with Crippen LogP contribution in [0.5, 0.6) is 0 Å². The second-order valence-electron chi connectivity index (χ2n) is 6.09. The van der Waals surface area contributed by atoms with Crippen molar-refractivity contribution in [3.8, 4) is 0 Å². The van der Waals surface area contributed by atoms with Crippen molar-refractivity contribution in [3.05, 3.63) is 59.9 Å². The molecular formula is C18H20N2O3. The monoisotopic (exact) mass is 312 g/mol. The molecule has 0 saturated carbocycles. The molecule has 0 bridgehead atoms. The van der Waals surface area contributed by atoms with Crippen LogP contribution >= 0.6 is 0 Å². The molecule has 0 spiro atoms. The van der Waals surface area contributed by atoms with Gasteiger partial charge in [-0.15, -0.1) is 0 Å². The Morgan fingerprint density at radius 2 is 1.83 bits per heavy atom. The Morgan fingerprint density at radius 1 is 1.09 bits per heavy atom. The Morgan fingerprint density at radius 3 is 2.43 bits per heavy atom. The first-order valence-electron chi connectivity index (χ1n) is 7.74. The molecule has 2 heterocycles. The Bertz CT molecular complexity index is 708. The van der Waals surface area contributed by atoms with Crippen molar-refractivity contribution in [2.75, 3.05) is 13.1 Å². The van der Waals surface area contributed by atoms with Gasteiger partial charge in [0, 0.05) is 32.3 Å². The molecule has 120 valence electrons. The minimum absolute atomic E-state index is 0.0512. The maximum Gasteiger partial charge on any atom is 0.308 e. The molecular weight excluding hydrogens is 292 g/mol. The lowest BCUT2D eigenvalue weighted by molar-refractivity contribution is -0.143. The number of hydrogen-bond donors (Lipinski definition) is 1. The minimum atomic E-state index is -0.838. The van der Waals surface area contributed by atoms with Crippen molar-refractivity contribution in [1.82, 2.24) is 9.47 Å². The van der Waals surface area contributed by atoms with Gasteiger partial charge in [0.2, 0.25) is 0 Å². The number of aryl methyl sites for hydroxylation is 1. The number of amides is 1. The van der Waals surface area contributed by atoms with Crippen LogP contribution in [0, 0.1) is 5.92 Å². The van der Waals surface area contributed by atoms with Gasteiger partial charge in [0.15, 0.2) is 0 Å². The van der Waals surface area contributed by atoms with Gasteiger partial charge < -0.3 is 14.6 Å². The highest BCUT2D eigenvalue weighted by Gasteiger charge is 2.35. The summed E-state index contributed by atoms with van der Waals surface area (Å²) < 4.78 is 1.77. The normalized spacial score (nSPS) is 21.2. The molecule has 1 amide bonds. The van der Waals surface area contributed by atoms with E-state index in [4.69, 9.17) is 0 Å². The Balaban J connectivity index is 1.86. The number of carbonyl (C=O) groups excluding carboxylic acids is 1. The van der Waals surface area contributed by atoms with Crippen LogP contribution in [0.25, 0.3) is 0 Å². The summed E-state index contributed by atoms with van der Waals surface area (Å²) >= 11 is 0. The van der Waals surface area contributed by atoms with Crippen LogP contribution < -0.4 is 0 Å². The molecule has 1 fully saturated rings. The van der Waals surface area contributed by atoms with Crippen LogP contribution in [0.4, 0.5) is 0 Å². The third kappa shape index (κ3) is 3.13. The fourth-order valence-corrected chi connectivity index (χ4v) is 3.26. The predicted molar refractivity (Wildman–Crippen MR) is 86.2 cm³/mol. The molecule has 5 nitrogen and oxygen atoms in total. The van der Waals surface area contributed by atoms with E-state index < -0.39 is 11.9 Å². The average molecular weight is 312 g/mol. The highest BCUT2D eigenvalue weighted by molar-refractivity contribution is 5.93. The summed E-state index contributed by atoms with van der Waals surface area (Å²) in [5, 5.41) is 9.44. The molecule has 1 N–H and O–H groups in total. The zero-order valence-electron chi connectivity index (χ0n) is 13.1. The van der Waals surface area contributed by atoms with Crippen LogP contribution in [0.2, 0.25) is 0 Å². The van der Waals surface area contributed by atoms with Crippen molar-refractivity contribution in [2.24, 2.45) is 13.0 Å². The molecule has 0 unspecified atom stereocenters. The number of likely N-dealkylation sites (tertiary alicyclic amines) is 1. The number of hydrogen-bond acceptors (Lipinski definition) is 2. The molecule has 2 aromatic rings. The number of benzene rings is 1. The summed E-state index contributed by atoms with van der Waals surface area (Å²) in [6.45, 7) is 0.820. The van der Waals surface area contributed by atoms with Gasteiger partial charge >= 0.3 is 5.97 Å². The standard InChI is InChI=1S/C18H20N2O3/c1-19-9-5-8-16(19)17(21)20-11-14(10-15(12-20)18(22)23)13-6-3-2-4-7-13/h2-9,14-15H,10-12H2,1H3,(H,22,23)/t14-,15+/m0/s1. The number of nitrogens with zero attached hydrogens (tertiary/aromatic N) is 2. The molecule has 3 rings (SSSR count). The van der Waals surface area contributed by atoms with Crippen LogP contribution in [0.1, 0.15) is 28.4 Å². The van der Waals surface area contributed by atoms with Gasteiger partial charge in [-0.3, -0.25) is 9.59 Å². The third-order valence-corrected chi connectivity index (χ3v) is 4.52. The fraction of sp³-hybridized carbons (Fsp3) is 0.333. The maximum absolute atomic E-state index is 12.7. The van der Waals surface area contributed by atoms with E-state index in [0.717, 1.165) is 5.56 Å². The van der Waals surface area contributed by atoms with Gasteiger partial charge in [-0.05, 0) is 24.1 Å². The topological polar surface area (TPSA) is 62.5 Å². The molecule has 1 saturated heterocycles. The number of aromatic nitrogens is 1. The first-order valence-corrected chi connectivity index (χ1v) is 7.74. The molecule has 1 aromatic carbocycles. The second-order valence-corrected chi connectivity index (χ2v) is 6.09. The van der Waals surface area contributed by atoms with E-state index in [2.05, 4.69) is 0 Å². The van der Waals surface area contributed by atoms with Crippen LogP contribution in [-0.2, 0) is 11.8 Å². The molecule has 23 heavy (non-hydrogen) atoms. The summed E-state index contributed by atoms with van der Waals surface area (Å²) in [7, 11) is 1.82. The summed E-state index contributed by atoms with van der Waals surface area (Å²) in [6, 6.07) is 13.4. The molecule has 1 aliphatic rings. The van der Waals surface area contributed by atoms with Crippen LogP contribution in [0.15, 0.2) is 48.7 Å². The molecule has 1 aliphatic heterocycles. The lowest BCUT2D eigenvalue weighted by Gasteiger charge is -2.36. The van der Waals surface area contributed by atoms with E-state index in [-0.39, 0.29) is 18.4 Å². The van der Waals surface area contributed by atoms with Gasteiger partial charge in [0.25, 0.3) is 5.91 Å². The Labute approximate surface area is 135 Å². The Kier molecular flexibility index (Phi) is 4.19. The summed E-state index contributed by atoms with van der Waals surface area (Å²) in [5.74, 6) is -1.42. The van der Waals surface area contributed by atoms with E-state index in [1.54, 1.807) is 15.5 Å². The molecule has 1 aromatic heterocycles. The van der Waals surface area contributed by atoms with Gasteiger partial charge in [-0.25, -0.2) is 0 Å². The number of piperidine rings is 1. The number of carbonyl (C=O) groups is 2. The molecule has 0 radical (unpaired) electrons. The lowest BCUT2D eigenvalue weighted by Crippen LogP contribution is -2.45. The summed E-state index contributed by atoms with van der Waals surface area (Å²) in [4.78, 5) is 25.9. The summed E-state index contributed by atoms with van der Waals surface area (Å²) in [6.07, 6.45) is 2.39. The third-order valence-electron chi connectivity index (χ3n) is 4.52. The fourth-order valence-electron chi connectivity index (χ4n) is 3.26. The van der Waals surface area contributed by atoms with E-state index >= 15 is 0 Å². The first-order chi connectivity index (χ1) is 11.1. The van der Waals surface area contributed by atoms with Crippen molar-refractivity contribution in [3.63, 3.8) is 0 Å². The van der Waals surface area contributed by atoms with Crippen molar-refractivity contribution >= 4 is 11.9 Å². The van der Waals surface area contributed by atoms with E-state index in [0.29, 0.717) is 18.7 Å². The second kappa shape index (κ2) is 6.28. The largest absolute Gasteiger partial charge is 0.481 e. The number of rotatable bonds is 3. The van der Waals surface area contributed by atoms with E-state index in [9.17, 15) is 14.7 Å². The lowest BCUT2D eigenvalue weighted by atomic mass is 9.84. The number of carboxylic acids is 1. The number of carboxylic acid groups (broad SMARTS) is 1. The van der Waals surface area contributed by atoms with Gasteiger partial charge in [-0.2, -0.15) is 0 Å². The van der Waals surface area contributed by atoms with Crippen molar-refractivity contribution in [2.45, 2.75) is 12.3 Å². The first kappa shape index (κ1) is 15.3. The van der Waals surface area contributed by atoms with Crippen LogP contribution in [0.3, 0.4) is 0 Å². The van der Waals surface area contributed by atoms with E-state index in [1.807, 2.05) is 49.6 Å². The van der Waals surface area contributed by atoms with Gasteiger partial charge in [0.05, 0.1) is 5.92 Å². The van der Waals surface area contributed by atoms with Gasteiger partial charge in [0.1, 0.15) is 5.69 Å². The van der Waals surface area contributed by atoms with Crippen molar-refractivity contribution < 1.29 is 14.7 Å². The highest BCUT2D eigenvalue weighted by Crippen LogP contribution is 2.31. The molecule has 5 heteroatoms. The maximum atomic E-state index is 12.7. The summed E-state index contributed by atoms with van der Waals surface area (Å²) in [5.41, 5.74) is 1.67. The van der Waals surface area contributed by atoms with Gasteiger partial charge in [-0.1, -0.05) is 30.3 Å². The number of aliphatic carboxylic acids is 1. The quantitative estimate of drug-likeness (QED) is 0.946. The van der Waals surface area contributed by atoms with E-state index in [1.165, 1.54) is 0 Å². The SMILES string of the molecule is Cn1cccc1C(=O)N1C[C@H](C(=O)O)C[C@H](c2ccccc2)C1. The van der Waals surface area contributed by atoms with Crippen molar-refractivity contribution in [1.29, 1.82) is 0 Å². The average Bonchev–Trinajstić information content (AvgIpc) is 3.00.